The molecule has 0 aliphatic heterocycles. The fraction of sp³-hybridized carbons (Fsp3) is 0.700. The van der Waals surface area contributed by atoms with E-state index < -0.39 is 5.97 Å². The lowest BCUT2D eigenvalue weighted by Gasteiger charge is -2.26. The minimum absolute atomic E-state index is 0.177. The van der Waals surface area contributed by atoms with Gasteiger partial charge in [0.15, 0.2) is 0 Å². The fourth-order valence-corrected chi connectivity index (χ4v) is 1.80. The van der Waals surface area contributed by atoms with E-state index in [1.54, 1.807) is 0 Å². The third-order valence-electron chi connectivity index (χ3n) is 2.52. The van der Waals surface area contributed by atoms with Crippen molar-refractivity contribution in [2.24, 2.45) is 5.92 Å². The predicted octanol–water partition coefficient (Wildman–Crippen LogP) is 0.853. The summed E-state index contributed by atoms with van der Waals surface area (Å²) in [6.07, 6.45) is 8.67. The van der Waals surface area contributed by atoms with Crippen LogP contribution in [0.5, 0.6) is 0 Å². The maximum atomic E-state index is 10.7. The molecule has 0 aromatic heterocycles. The topological polar surface area (TPSA) is 49.3 Å². The summed E-state index contributed by atoms with van der Waals surface area (Å²) in [7, 11) is 0. The molecule has 0 bridgehead atoms. The molecule has 1 aliphatic rings. The van der Waals surface area contributed by atoms with Crippen LogP contribution in [0.2, 0.25) is 0 Å². The quantitative estimate of drug-likeness (QED) is 0.635. The molecule has 13 heavy (non-hydrogen) atoms. The summed E-state index contributed by atoms with van der Waals surface area (Å²) in [4.78, 5) is 10.7. The summed E-state index contributed by atoms with van der Waals surface area (Å²) in [5.74, 6) is 1.65. The number of carboxylic acid groups (broad SMARTS) is 1. The molecule has 1 rings (SSSR count). The first kappa shape index (κ1) is 10.1. The van der Waals surface area contributed by atoms with E-state index in [1.807, 2.05) is 0 Å². The zero-order chi connectivity index (χ0) is 9.68. The Labute approximate surface area is 78.5 Å². The summed E-state index contributed by atoms with van der Waals surface area (Å²) >= 11 is 0. The second-order valence-electron chi connectivity index (χ2n) is 3.48. The molecule has 2 atom stereocenters. The highest BCUT2D eigenvalue weighted by molar-refractivity contribution is 5.70. The van der Waals surface area contributed by atoms with Crippen molar-refractivity contribution in [2.75, 3.05) is 6.54 Å². The van der Waals surface area contributed by atoms with Crippen molar-refractivity contribution in [1.29, 1.82) is 0 Å². The molecule has 0 spiro atoms. The van der Waals surface area contributed by atoms with E-state index in [-0.39, 0.29) is 5.92 Å². The molecule has 2 N–H and O–H groups in total. The maximum absolute atomic E-state index is 10.7. The minimum atomic E-state index is -0.674. The standard InChI is InChI=1S/C10H15NO2/c1-2-6-11-9-5-3-4-8(7-9)10(12)13/h1,8-9,11H,3-7H2,(H,12,13). The smallest absolute Gasteiger partial charge is 0.306 e. The number of rotatable bonds is 3. The Hall–Kier alpha value is -1.01. The largest absolute Gasteiger partial charge is 0.481 e. The molecule has 0 aromatic carbocycles. The molecular weight excluding hydrogens is 166 g/mol. The van der Waals surface area contributed by atoms with Crippen LogP contribution >= 0.6 is 0 Å². The van der Waals surface area contributed by atoms with Gasteiger partial charge in [-0.2, -0.15) is 0 Å². The van der Waals surface area contributed by atoms with Crippen molar-refractivity contribution in [1.82, 2.24) is 5.32 Å². The summed E-state index contributed by atoms with van der Waals surface area (Å²) < 4.78 is 0. The molecule has 72 valence electrons. The third kappa shape index (κ3) is 3.08. The molecule has 0 amide bonds. The Morgan fingerprint density at radius 1 is 1.62 bits per heavy atom. The van der Waals surface area contributed by atoms with E-state index in [4.69, 9.17) is 11.5 Å². The Kier molecular flexibility index (Phi) is 3.78. The Morgan fingerprint density at radius 3 is 3.00 bits per heavy atom. The molecular formula is C10H15NO2. The first-order chi connectivity index (χ1) is 6.24. The second-order valence-corrected chi connectivity index (χ2v) is 3.48. The van der Waals surface area contributed by atoms with Gasteiger partial charge in [-0.15, -0.1) is 6.42 Å². The average Bonchev–Trinajstić information content (AvgIpc) is 2.15. The van der Waals surface area contributed by atoms with Gasteiger partial charge in [0.25, 0.3) is 0 Å². The number of nitrogens with one attached hydrogen (secondary N) is 1. The molecule has 1 fully saturated rings. The lowest BCUT2D eigenvalue weighted by molar-refractivity contribution is -0.143. The van der Waals surface area contributed by atoms with Crippen molar-refractivity contribution < 1.29 is 9.90 Å². The van der Waals surface area contributed by atoms with E-state index in [9.17, 15) is 4.79 Å². The zero-order valence-corrected chi connectivity index (χ0v) is 7.62. The molecule has 3 nitrogen and oxygen atoms in total. The van der Waals surface area contributed by atoms with Crippen molar-refractivity contribution in [3.05, 3.63) is 0 Å². The van der Waals surface area contributed by atoms with Crippen molar-refractivity contribution in [3.8, 4) is 12.3 Å². The Bertz CT molecular complexity index is 219. The van der Waals surface area contributed by atoms with E-state index in [0.717, 1.165) is 25.7 Å². The number of aliphatic carboxylic acids is 1. The summed E-state index contributed by atoms with van der Waals surface area (Å²) in [5.41, 5.74) is 0. The summed E-state index contributed by atoms with van der Waals surface area (Å²) in [6, 6.07) is 0.297. The van der Waals surface area contributed by atoms with Crippen LogP contribution in [0.15, 0.2) is 0 Å². The summed E-state index contributed by atoms with van der Waals surface area (Å²) in [6.45, 7) is 0.539. The van der Waals surface area contributed by atoms with Gasteiger partial charge in [0.1, 0.15) is 0 Å². The van der Waals surface area contributed by atoms with E-state index in [2.05, 4.69) is 11.2 Å². The molecule has 0 heterocycles. The average molecular weight is 181 g/mol. The van der Waals surface area contributed by atoms with Gasteiger partial charge in [-0.1, -0.05) is 12.3 Å². The highest BCUT2D eigenvalue weighted by Crippen LogP contribution is 2.24. The monoisotopic (exact) mass is 181 g/mol. The Balaban J connectivity index is 2.34. The van der Waals surface area contributed by atoms with E-state index in [1.165, 1.54) is 0 Å². The van der Waals surface area contributed by atoms with Crippen molar-refractivity contribution >= 4 is 5.97 Å². The molecule has 0 saturated heterocycles. The second kappa shape index (κ2) is 4.88. The van der Waals surface area contributed by atoms with Crippen LogP contribution < -0.4 is 5.32 Å². The van der Waals surface area contributed by atoms with Gasteiger partial charge in [0.2, 0.25) is 0 Å². The normalized spacial score (nSPS) is 27.9. The Morgan fingerprint density at radius 2 is 2.38 bits per heavy atom. The van der Waals surface area contributed by atoms with Crippen LogP contribution in [0.4, 0.5) is 0 Å². The third-order valence-corrected chi connectivity index (χ3v) is 2.52. The van der Waals surface area contributed by atoms with Gasteiger partial charge in [-0.25, -0.2) is 0 Å². The van der Waals surface area contributed by atoms with Crippen LogP contribution in [-0.2, 0) is 4.79 Å². The van der Waals surface area contributed by atoms with Gasteiger partial charge in [-0.05, 0) is 19.3 Å². The van der Waals surface area contributed by atoms with Gasteiger partial charge < -0.3 is 10.4 Å². The predicted molar refractivity (Wildman–Crippen MR) is 50.2 cm³/mol. The lowest BCUT2D eigenvalue weighted by Crippen LogP contribution is -2.36. The first-order valence-corrected chi connectivity index (χ1v) is 4.63. The number of hydrogen-bond donors (Lipinski definition) is 2. The number of terminal acetylenes is 1. The number of carboxylic acids is 1. The van der Waals surface area contributed by atoms with Crippen molar-refractivity contribution in [3.63, 3.8) is 0 Å². The zero-order valence-electron chi connectivity index (χ0n) is 7.62. The highest BCUT2D eigenvalue weighted by Gasteiger charge is 2.26. The van der Waals surface area contributed by atoms with Gasteiger partial charge >= 0.3 is 5.97 Å². The molecule has 1 saturated carbocycles. The van der Waals surface area contributed by atoms with Gasteiger partial charge in [-0.3, -0.25) is 4.79 Å². The molecule has 1 aliphatic carbocycles. The molecule has 0 aromatic rings. The van der Waals surface area contributed by atoms with Crippen LogP contribution in [0.3, 0.4) is 0 Å². The minimum Gasteiger partial charge on any atom is -0.481 e. The van der Waals surface area contributed by atoms with Crippen LogP contribution in [0, 0.1) is 18.3 Å². The van der Waals surface area contributed by atoms with E-state index in [0.29, 0.717) is 12.6 Å². The maximum Gasteiger partial charge on any atom is 0.306 e. The van der Waals surface area contributed by atoms with E-state index >= 15 is 0 Å². The SMILES string of the molecule is C#CCNC1CCCC(C(=O)O)C1. The fourth-order valence-electron chi connectivity index (χ4n) is 1.80. The first-order valence-electron chi connectivity index (χ1n) is 4.63. The lowest BCUT2D eigenvalue weighted by atomic mass is 9.86. The number of carbonyl (C=O) groups is 1. The molecule has 3 heteroatoms. The van der Waals surface area contributed by atoms with Crippen molar-refractivity contribution in [2.45, 2.75) is 31.7 Å². The number of hydrogen-bond acceptors (Lipinski definition) is 2. The van der Waals surface area contributed by atoms with Gasteiger partial charge in [0.05, 0.1) is 12.5 Å². The van der Waals surface area contributed by atoms with Gasteiger partial charge in [0, 0.05) is 6.04 Å². The molecule has 0 radical (unpaired) electrons. The molecule has 2 unspecified atom stereocenters. The summed E-state index contributed by atoms with van der Waals surface area (Å²) in [5, 5.41) is 12.0. The van der Waals surface area contributed by atoms with Crippen LogP contribution in [-0.4, -0.2) is 23.7 Å². The van der Waals surface area contributed by atoms with Crippen LogP contribution in [0.25, 0.3) is 0 Å². The highest BCUT2D eigenvalue weighted by atomic mass is 16.4. The van der Waals surface area contributed by atoms with Crippen LogP contribution in [0.1, 0.15) is 25.7 Å².